The van der Waals surface area contributed by atoms with Crippen LogP contribution in [0.3, 0.4) is 0 Å². The molecule has 306 valence electrons. The number of carbonyl (C=O) groups excluding carboxylic acids is 1. The highest BCUT2D eigenvalue weighted by Gasteiger charge is 2.39. The molecule has 1 amide bonds. The number of fused-ring (bicyclic) bond motifs is 1. The number of benzene rings is 1. The predicted octanol–water partition coefficient (Wildman–Crippen LogP) is 4.99. The Morgan fingerprint density at radius 1 is 0.929 bits per heavy atom. The quantitative estimate of drug-likeness (QED) is 0.149. The molecule has 16 nitrogen and oxygen atoms in total. The van der Waals surface area contributed by atoms with Crippen molar-refractivity contribution in [1.29, 1.82) is 0 Å². The maximum absolute atomic E-state index is 12.3. The van der Waals surface area contributed by atoms with Crippen molar-refractivity contribution in [2.75, 3.05) is 48.8 Å². The average molecular weight is 804 g/mol. The van der Waals surface area contributed by atoms with Crippen molar-refractivity contribution >= 4 is 41.5 Å². The minimum atomic E-state index is -5.08. The van der Waals surface area contributed by atoms with E-state index in [2.05, 4.69) is 43.0 Å². The third kappa shape index (κ3) is 13.6. The number of hydrogen-bond donors (Lipinski definition) is 6. The molecule has 6 N–H and O–H groups in total. The van der Waals surface area contributed by atoms with Crippen LogP contribution in [0, 0.1) is 6.92 Å². The van der Waals surface area contributed by atoms with Crippen LogP contribution < -0.4 is 25.6 Å². The summed E-state index contributed by atoms with van der Waals surface area (Å²) in [5.74, 6) is -4.17. The molecule has 1 fully saturated rings. The van der Waals surface area contributed by atoms with Crippen molar-refractivity contribution < 1.29 is 70.3 Å². The highest BCUT2D eigenvalue weighted by atomic mass is 19.4. The van der Waals surface area contributed by atoms with Crippen molar-refractivity contribution in [3.05, 3.63) is 64.8 Å². The van der Waals surface area contributed by atoms with Gasteiger partial charge in [-0.1, -0.05) is 36.4 Å². The van der Waals surface area contributed by atoms with E-state index in [1.54, 1.807) is 0 Å². The summed E-state index contributed by atoms with van der Waals surface area (Å²) < 4.78 is 74.0. The Bertz CT molecular complexity index is 1790. The summed E-state index contributed by atoms with van der Waals surface area (Å²) in [5.41, 5.74) is 3.97. The van der Waals surface area contributed by atoms with E-state index in [1.165, 1.54) is 12.7 Å². The number of carboxylic acid groups (broad SMARTS) is 3. The number of ether oxygens (including phenoxy) is 2. The van der Waals surface area contributed by atoms with Gasteiger partial charge in [-0.05, 0) is 49.8 Å². The normalized spacial score (nSPS) is 14.5. The number of rotatable bonds is 10. The van der Waals surface area contributed by atoms with Crippen LogP contribution in [0.2, 0.25) is 0 Å². The van der Waals surface area contributed by atoms with Crippen LogP contribution in [0.15, 0.2) is 42.5 Å². The molecule has 0 radical (unpaired) electrons. The number of alkyl carbamates (subject to hydrolysis) is 1. The van der Waals surface area contributed by atoms with Gasteiger partial charge in [0.15, 0.2) is 0 Å². The fourth-order valence-corrected chi connectivity index (χ4v) is 5.32. The van der Waals surface area contributed by atoms with E-state index >= 15 is 0 Å². The Balaban J connectivity index is 0.000000512. The molecule has 1 unspecified atom stereocenters. The number of alkyl halides is 6. The zero-order valence-electron chi connectivity index (χ0n) is 29.9. The molecule has 0 spiro atoms. The van der Waals surface area contributed by atoms with Gasteiger partial charge in [-0.2, -0.15) is 36.3 Å². The molecule has 4 heterocycles. The molecule has 2 aromatic heterocycles. The van der Waals surface area contributed by atoms with E-state index in [9.17, 15) is 41.0 Å². The monoisotopic (exact) mass is 803 g/mol. The zero-order valence-corrected chi connectivity index (χ0v) is 29.9. The van der Waals surface area contributed by atoms with Crippen LogP contribution in [0.1, 0.15) is 47.6 Å². The van der Waals surface area contributed by atoms with Crippen LogP contribution in [0.25, 0.3) is 0 Å². The molecule has 22 heteroatoms. The maximum Gasteiger partial charge on any atom is 0.490 e. The Labute approximate surface area is 315 Å². The van der Waals surface area contributed by atoms with Gasteiger partial charge in [0.25, 0.3) is 0 Å². The summed E-state index contributed by atoms with van der Waals surface area (Å²) in [6.45, 7) is 4.34. The number of carbonyl (C=O) groups is 4. The van der Waals surface area contributed by atoms with Crippen LogP contribution in [0.4, 0.5) is 48.6 Å². The first kappa shape index (κ1) is 44.3. The molecule has 1 atom stereocenters. The fraction of sp³-hybridized carbons (Fsp3) is 0.441. The third-order valence-corrected chi connectivity index (χ3v) is 8.17. The number of halogens is 6. The van der Waals surface area contributed by atoms with E-state index in [0.717, 1.165) is 73.8 Å². The van der Waals surface area contributed by atoms with E-state index in [4.69, 9.17) is 34.3 Å². The van der Waals surface area contributed by atoms with Crippen LogP contribution in [0.5, 0.6) is 6.01 Å². The second-order valence-electron chi connectivity index (χ2n) is 12.1. The molecule has 0 aliphatic carbocycles. The lowest BCUT2D eigenvalue weighted by Crippen LogP contribution is -2.45. The third-order valence-electron chi connectivity index (χ3n) is 8.17. The van der Waals surface area contributed by atoms with Gasteiger partial charge in [0.1, 0.15) is 30.1 Å². The van der Waals surface area contributed by atoms with Crippen molar-refractivity contribution in [2.24, 2.45) is 0 Å². The molecule has 2 aliphatic rings. The first-order valence-corrected chi connectivity index (χ1v) is 16.8. The average Bonchev–Trinajstić information content (AvgIpc) is 3.16. The minimum Gasteiger partial charge on any atom is -0.480 e. The van der Waals surface area contributed by atoms with Gasteiger partial charge < -0.3 is 45.6 Å². The highest BCUT2D eigenvalue weighted by molar-refractivity contribution is 5.80. The summed E-state index contributed by atoms with van der Waals surface area (Å²) in [7, 11) is 1.49. The van der Waals surface area contributed by atoms with Gasteiger partial charge in [0, 0.05) is 43.4 Å². The summed E-state index contributed by atoms with van der Waals surface area (Å²) in [4.78, 5) is 58.1. The van der Waals surface area contributed by atoms with Gasteiger partial charge in [-0.15, -0.1) is 0 Å². The van der Waals surface area contributed by atoms with Gasteiger partial charge in [0.05, 0.1) is 7.11 Å². The van der Waals surface area contributed by atoms with Gasteiger partial charge in [-0.3, -0.25) is 0 Å². The molecule has 1 saturated heterocycles. The number of piperidine rings is 1. The topological polar surface area (TPSA) is 225 Å². The number of aromatic nitrogens is 3. The Kier molecular flexibility index (Phi) is 15.8. The lowest BCUT2D eigenvalue weighted by molar-refractivity contribution is -0.193. The fourth-order valence-electron chi connectivity index (χ4n) is 5.32. The largest absolute Gasteiger partial charge is 0.490 e. The number of pyridine rings is 1. The van der Waals surface area contributed by atoms with E-state index in [1.807, 2.05) is 37.3 Å². The number of amides is 1. The van der Waals surface area contributed by atoms with E-state index in [0.29, 0.717) is 11.7 Å². The van der Waals surface area contributed by atoms with Crippen LogP contribution in [-0.2, 0) is 32.1 Å². The molecular weight excluding hydrogens is 764 g/mol. The second-order valence-corrected chi connectivity index (χ2v) is 12.1. The lowest BCUT2D eigenvalue weighted by atomic mass is 9.92. The summed E-state index contributed by atoms with van der Waals surface area (Å²) >= 11 is 0. The van der Waals surface area contributed by atoms with Crippen molar-refractivity contribution in [2.45, 2.75) is 63.5 Å². The van der Waals surface area contributed by atoms with Gasteiger partial charge in [-0.25, -0.2) is 24.2 Å². The van der Waals surface area contributed by atoms with Crippen molar-refractivity contribution in [1.82, 2.24) is 20.3 Å². The zero-order chi connectivity index (χ0) is 41.6. The van der Waals surface area contributed by atoms with Crippen LogP contribution in [-0.4, -0.2) is 106 Å². The number of carboxylic acids is 3. The Hall–Kier alpha value is -6.09. The summed E-state index contributed by atoms with van der Waals surface area (Å²) in [6.07, 6.45) is -6.93. The van der Waals surface area contributed by atoms with Crippen molar-refractivity contribution in [3.63, 3.8) is 0 Å². The molecule has 1 aromatic carbocycles. The van der Waals surface area contributed by atoms with Gasteiger partial charge >= 0.3 is 42.4 Å². The number of aryl methyl sites for hydroxylation is 1. The number of aliphatic carboxylic acids is 3. The van der Waals surface area contributed by atoms with Crippen LogP contribution >= 0.6 is 0 Å². The van der Waals surface area contributed by atoms with Gasteiger partial charge in [0.2, 0.25) is 0 Å². The first-order valence-electron chi connectivity index (χ1n) is 16.8. The highest BCUT2D eigenvalue weighted by Crippen LogP contribution is 2.34. The SMILES string of the molecule is COc1nc(NCC(NC(=O)OCc2ccccc2)C(=O)O)c(C)c(N2CCC(c3ccc4c(n3)NCCC4)CC2)n1.O=C(O)C(F)(F)F.O=C(O)C(F)(F)F. The number of nitrogens with one attached hydrogen (secondary N) is 3. The van der Waals surface area contributed by atoms with E-state index in [-0.39, 0.29) is 19.2 Å². The molecule has 0 bridgehead atoms. The number of hydrogen-bond acceptors (Lipinski definition) is 12. The molecule has 2 aliphatic heterocycles. The molecule has 3 aromatic rings. The smallest absolute Gasteiger partial charge is 0.480 e. The predicted molar refractivity (Wildman–Crippen MR) is 186 cm³/mol. The minimum absolute atomic E-state index is 0.0358. The Morgan fingerprint density at radius 3 is 2.09 bits per heavy atom. The standard InChI is InChI=1S/C30H37N7O5.2C2HF3O2/c1-19-25(32-17-24(28(38)39)34-30(40)42-18-20-7-4-3-5-8-20)35-29(41-2)36-27(19)37-15-12-21(13-16-37)23-11-10-22-9-6-14-31-26(22)33-23;2*3-2(4,5)1(6)7/h3-5,7-8,10-11,21,24H,6,9,12-18H2,1-2H3,(H,31,33)(H,34,40)(H,38,39)(H,32,35,36);2*(H,6,7). The number of methoxy groups -OCH3 is 1. The number of anilines is 3. The van der Waals surface area contributed by atoms with E-state index < -0.39 is 42.4 Å². The Morgan fingerprint density at radius 2 is 1.54 bits per heavy atom. The molecule has 0 saturated carbocycles. The summed E-state index contributed by atoms with van der Waals surface area (Å²) in [5, 5.41) is 32.9. The molecule has 5 rings (SSSR count). The van der Waals surface area contributed by atoms with Crippen molar-refractivity contribution in [3.8, 4) is 6.01 Å². The maximum atomic E-state index is 12.3. The summed E-state index contributed by atoms with van der Waals surface area (Å²) in [6, 6.07) is 12.5. The molecular formula is C34H39F6N7O9. The molecule has 56 heavy (non-hydrogen) atoms. The number of nitrogens with zero attached hydrogens (tertiary/aromatic N) is 4. The lowest BCUT2D eigenvalue weighted by Gasteiger charge is -2.34. The first-order chi connectivity index (χ1) is 26.3. The second kappa shape index (κ2) is 20.0.